The number of carbonyl (C=O) groups is 3. The number of amides is 1. The first-order valence-corrected chi connectivity index (χ1v) is 6.06. The molecule has 1 aliphatic heterocycles. The first-order valence-electron chi connectivity index (χ1n) is 6.06. The number of carbonyl (C=O) groups excluding carboxylic acids is 1. The number of carboxylic acids is 2. The molecule has 1 unspecified atom stereocenters. The van der Waals surface area contributed by atoms with Gasteiger partial charge in [-0.15, -0.1) is 0 Å². The number of hydrogen-bond acceptors (Lipinski definition) is 5. The molecule has 110 valence electrons. The molecule has 8 nitrogen and oxygen atoms in total. The Morgan fingerprint density at radius 3 is 2.67 bits per heavy atom. The molecule has 2 rings (SSSR count). The summed E-state index contributed by atoms with van der Waals surface area (Å²) in [4.78, 5) is 33.4. The second-order valence-corrected chi connectivity index (χ2v) is 4.54. The van der Waals surface area contributed by atoms with E-state index in [9.17, 15) is 19.4 Å². The quantitative estimate of drug-likeness (QED) is 0.489. The van der Waals surface area contributed by atoms with Crippen LogP contribution in [0, 0.1) is 0 Å². The SMILES string of the molecule is O=C(O)CC(NC(=O)c1ccc2c(c1)B(O)OC2)C(=O)O. The molecule has 0 spiro atoms. The molecular weight excluding hydrogens is 281 g/mol. The predicted molar refractivity (Wildman–Crippen MR) is 70.0 cm³/mol. The van der Waals surface area contributed by atoms with Crippen LogP contribution in [-0.2, 0) is 20.9 Å². The number of rotatable bonds is 5. The van der Waals surface area contributed by atoms with Crippen molar-refractivity contribution in [1.82, 2.24) is 5.32 Å². The standard InChI is InChI=1S/C12H12BNO7/c15-10(16)4-9(12(18)19)14-11(17)6-1-2-7-5-21-13(20)8(7)3-6/h1-3,9,20H,4-5H2,(H,14,17)(H,15,16)(H,18,19). The molecule has 1 aromatic rings. The molecule has 0 bridgehead atoms. The van der Waals surface area contributed by atoms with Crippen LogP contribution < -0.4 is 10.8 Å². The van der Waals surface area contributed by atoms with E-state index in [4.69, 9.17) is 14.9 Å². The second-order valence-electron chi connectivity index (χ2n) is 4.54. The number of fused-ring (bicyclic) bond motifs is 1. The Balaban J connectivity index is 2.14. The minimum Gasteiger partial charge on any atom is -0.481 e. The van der Waals surface area contributed by atoms with E-state index < -0.39 is 37.4 Å². The summed E-state index contributed by atoms with van der Waals surface area (Å²) in [6.45, 7) is 0.231. The van der Waals surface area contributed by atoms with Crippen molar-refractivity contribution >= 4 is 30.4 Å². The second kappa shape index (κ2) is 5.94. The van der Waals surface area contributed by atoms with Crippen LogP contribution in [0.2, 0.25) is 0 Å². The van der Waals surface area contributed by atoms with E-state index in [2.05, 4.69) is 5.32 Å². The van der Waals surface area contributed by atoms with Gasteiger partial charge in [-0.2, -0.15) is 0 Å². The van der Waals surface area contributed by atoms with Crippen LogP contribution in [0.5, 0.6) is 0 Å². The van der Waals surface area contributed by atoms with Gasteiger partial charge in [-0.25, -0.2) is 4.79 Å². The Morgan fingerprint density at radius 1 is 1.33 bits per heavy atom. The minimum atomic E-state index is -1.52. The molecule has 21 heavy (non-hydrogen) atoms. The van der Waals surface area contributed by atoms with Gasteiger partial charge >= 0.3 is 19.1 Å². The molecule has 4 N–H and O–H groups in total. The summed E-state index contributed by atoms with van der Waals surface area (Å²) in [6.07, 6.45) is -0.724. The highest BCUT2D eigenvalue weighted by Gasteiger charge is 2.29. The summed E-state index contributed by atoms with van der Waals surface area (Å²) < 4.78 is 4.98. The molecule has 1 heterocycles. The van der Waals surface area contributed by atoms with E-state index in [1.165, 1.54) is 12.1 Å². The van der Waals surface area contributed by atoms with Crippen molar-refractivity contribution in [2.24, 2.45) is 0 Å². The van der Waals surface area contributed by atoms with Gasteiger partial charge in [-0.3, -0.25) is 9.59 Å². The van der Waals surface area contributed by atoms with Crippen LogP contribution in [0.25, 0.3) is 0 Å². The summed E-state index contributed by atoms with van der Waals surface area (Å²) in [7, 11) is -1.12. The van der Waals surface area contributed by atoms with Crippen LogP contribution in [0.1, 0.15) is 22.3 Å². The molecule has 9 heteroatoms. The molecule has 1 aliphatic rings. The van der Waals surface area contributed by atoms with Crippen LogP contribution in [0.4, 0.5) is 0 Å². The Morgan fingerprint density at radius 2 is 2.05 bits per heavy atom. The number of aliphatic carboxylic acids is 2. The van der Waals surface area contributed by atoms with E-state index in [1.54, 1.807) is 6.07 Å². The van der Waals surface area contributed by atoms with Gasteiger partial charge < -0.3 is 25.2 Å². The Hall–Kier alpha value is -2.39. The molecule has 1 atom stereocenters. The summed E-state index contributed by atoms with van der Waals surface area (Å²) in [5.41, 5.74) is 1.29. The van der Waals surface area contributed by atoms with E-state index in [0.29, 0.717) is 5.46 Å². The van der Waals surface area contributed by atoms with E-state index >= 15 is 0 Å². The van der Waals surface area contributed by atoms with Gasteiger partial charge in [0.2, 0.25) is 0 Å². The van der Waals surface area contributed by atoms with Crippen LogP contribution in [0.3, 0.4) is 0 Å². The van der Waals surface area contributed by atoms with Crippen molar-refractivity contribution < 1.29 is 34.3 Å². The third-order valence-electron chi connectivity index (χ3n) is 3.05. The molecule has 1 amide bonds. The van der Waals surface area contributed by atoms with Gasteiger partial charge in [-0.05, 0) is 23.2 Å². The zero-order valence-electron chi connectivity index (χ0n) is 10.8. The zero-order valence-corrected chi connectivity index (χ0v) is 10.8. The monoisotopic (exact) mass is 293 g/mol. The fourth-order valence-corrected chi connectivity index (χ4v) is 1.97. The first kappa shape index (κ1) is 15.0. The minimum absolute atomic E-state index is 0.120. The maximum Gasteiger partial charge on any atom is 0.491 e. The number of nitrogens with one attached hydrogen (secondary N) is 1. The van der Waals surface area contributed by atoms with E-state index in [1.807, 2.05) is 0 Å². The topological polar surface area (TPSA) is 133 Å². The maximum atomic E-state index is 12.0. The molecule has 0 saturated heterocycles. The highest BCUT2D eigenvalue weighted by Crippen LogP contribution is 2.11. The van der Waals surface area contributed by atoms with Gasteiger partial charge in [0.25, 0.3) is 5.91 Å². The van der Waals surface area contributed by atoms with Crippen molar-refractivity contribution in [2.45, 2.75) is 19.1 Å². The van der Waals surface area contributed by atoms with Crippen molar-refractivity contribution in [3.05, 3.63) is 29.3 Å². The Kier molecular flexibility index (Phi) is 4.25. The molecular formula is C12H12BNO7. The normalized spacial score (nSPS) is 14.4. The zero-order chi connectivity index (χ0) is 15.6. The fourth-order valence-electron chi connectivity index (χ4n) is 1.97. The summed E-state index contributed by atoms with van der Waals surface area (Å²) in [5, 5.41) is 29.2. The van der Waals surface area contributed by atoms with Crippen LogP contribution in [0.15, 0.2) is 18.2 Å². The molecule has 0 aliphatic carbocycles. The lowest BCUT2D eigenvalue weighted by molar-refractivity contribution is -0.145. The third kappa shape index (κ3) is 3.39. The molecule has 1 aromatic carbocycles. The van der Waals surface area contributed by atoms with Crippen LogP contribution in [-0.4, -0.2) is 46.2 Å². The first-order chi connectivity index (χ1) is 9.88. The maximum absolute atomic E-state index is 12.0. The third-order valence-corrected chi connectivity index (χ3v) is 3.05. The lowest BCUT2D eigenvalue weighted by Crippen LogP contribution is -2.42. The van der Waals surface area contributed by atoms with Crippen molar-refractivity contribution in [3.8, 4) is 0 Å². The van der Waals surface area contributed by atoms with Gasteiger partial charge in [-0.1, -0.05) is 6.07 Å². The van der Waals surface area contributed by atoms with Crippen molar-refractivity contribution in [1.29, 1.82) is 0 Å². The summed E-state index contributed by atoms with van der Waals surface area (Å²) in [5.74, 6) is -3.50. The van der Waals surface area contributed by atoms with Gasteiger partial charge in [0.05, 0.1) is 13.0 Å². The Bertz CT molecular complexity index is 603. The summed E-state index contributed by atoms with van der Waals surface area (Å²) >= 11 is 0. The number of hydrogen-bond donors (Lipinski definition) is 4. The molecule has 0 saturated carbocycles. The van der Waals surface area contributed by atoms with E-state index in [0.717, 1.165) is 5.56 Å². The average Bonchev–Trinajstić information content (AvgIpc) is 2.78. The number of carboxylic acid groups (broad SMARTS) is 2. The Labute approximate surface area is 119 Å². The van der Waals surface area contributed by atoms with Crippen molar-refractivity contribution in [2.75, 3.05) is 0 Å². The van der Waals surface area contributed by atoms with Gasteiger partial charge in [0, 0.05) is 5.56 Å². The largest absolute Gasteiger partial charge is 0.491 e. The summed E-state index contributed by atoms with van der Waals surface area (Å²) in [6, 6.07) is 2.91. The molecule has 0 fully saturated rings. The number of benzene rings is 1. The lowest BCUT2D eigenvalue weighted by atomic mass is 9.79. The average molecular weight is 293 g/mol. The predicted octanol–water partition coefficient (Wildman–Crippen LogP) is -1.44. The smallest absolute Gasteiger partial charge is 0.481 e. The van der Waals surface area contributed by atoms with Gasteiger partial charge in [0.15, 0.2) is 0 Å². The highest BCUT2D eigenvalue weighted by atomic mass is 16.5. The van der Waals surface area contributed by atoms with Crippen molar-refractivity contribution in [3.63, 3.8) is 0 Å². The molecule has 0 aromatic heterocycles. The van der Waals surface area contributed by atoms with Crippen LogP contribution >= 0.6 is 0 Å². The molecule has 0 radical (unpaired) electrons. The lowest BCUT2D eigenvalue weighted by Gasteiger charge is -2.12. The highest BCUT2D eigenvalue weighted by molar-refractivity contribution is 6.61. The van der Waals surface area contributed by atoms with Gasteiger partial charge in [0.1, 0.15) is 6.04 Å². The fraction of sp³-hybridized carbons (Fsp3) is 0.250. The van der Waals surface area contributed by atoms with E-state index in [-0.39, 0.29) is 12.2 Å².